The maximum absolute atomic E-state index is 12.8. The van der Waals surface area contributed by atoms with Crippen LogP contribution in [0.3, 0.4) is 0 Å². The molecule has 0 radical (unpaired) electrons. The van der Waals surface area contributed by atoms with Gasteiger partial charge in [0.15, 0.2) is 0 Å². The normalized spacial score (nSPS) is 21.4. The van der Waals surface area contributed by atoms with Crippen molar-refractivity contribution in [1.29, 1.82) is 0 Å². The molecule has 5 nitrogen and oxygen atoms in total. The van der Waals surface area contributed by atoms with Crippen molar-refractivity contribution in [1.82, 2.24) is 10.2 Å². The van der Waals surface area contributed by atoms with Crippen LogP contribution in [-0.4, -0.2) is 29.2 Å². The number of fused-ring (bicyclic) bond motifs is 1. The number of nitrogens with zero attached hydrogens (tertiary/aromatic N) is 1. The molecule has 1 aliphatic carbocycles. The Balaban J connectivity index is 1.44. The van der Waals surface area contributed by atoms with Crippen LogP contribution in [0.15, 0.2) is 66.7 Å². The van der Waals surface area contributed by atoms with Gasteiger partial charge < -0.3 is 5.32 Å². The first kappa shape index (κ1) is 20.1. The molecule has 0 spiro atoms. The van der Waals surface area contributed by atoms with E-state index in [-0.39, 0.29) is 48.6 Å². The van der Waals surface area contributed by atoms with Crippen LogP contribution in [0.1, 0.15) is 42.0 Å². The summed E-state index contributed by atoms with van der Waals surface area (Å²) in [5.41, 5.74) is 3.13. The zero-order valence-electron chi connectivity index (χ0n) is 17.1. The predicted octanol–water partition coefficient (Wildman–Crippen LogP) is 3.54. The Kier molecular flexibility index (Phi) is 5.79. The van der Waals surface area contributed by atoms with Gasteiger partial charge in [-0.3, -0.25) is 19.3 Å². The third-order valence-corrected chi connectivity index (χ3v) is 6.01. The Hall–Kier alpha value is -3.21. The third kappa shape index (κ3) is 4.06. The zero-order chi connectivity index (χ0) is 21.1. The Morgan fingerprint density at radius 1 is 0.933 bits per heavy atom. The van der Waals surface area contributed by atoms with Crippen LogP contribution in [0.25, 0.3) is 0 Å². The fraction of sp³-hybridized carbons (Fsp3) is 0.320. The van der Waals surface area contributed by atoms with Crippen LogP contribution in [-0.2, 0) is 14.4 Å². The van der Waals surface area contributed by atoms with Crippen LogP contribution in [0, 0.1) is 18.8 Å². The lowest BCUT2D eigenvalue weighted by Gasteiger charge is -2.21. The predicted molar refractivity (Wildman–Crippen MR) is 114 cm³/mol. The smallest absolute Gasteiger partial charge is 0.233 e. The van der Waals surface area contributed by atoms with Crippen molar-refractivity contribution in [3.05, 3.63) is 83.4 Å². The monoisotopic (exact) mass is 402 g/mol. The van der Waals surface area contributed by atoms with Gasteiger partial charge in [0, 0.05) is 13.0 Å². The highest BCUT2D eigenvalue weighted by Gasteiger charge is 2.46. The van der Waals surface area contributed by atoms with E-state index in [2.05, 4.69) is 5.32 Å². The summed E-state index contributed by atoms with van der Waals surface area (Å²) >= 11 is 0. The summed E-state index contributed by atoms with van der Waals surface area (Å²) in [6, 6.07) is 17.6. The fourth-order valence-corrected chi connectivity index (χ4v) is 4.30. The molecule has 0 bridgehead atoms. The molecule has 1 saturated heterocycles. The molecule has 30 heavy (non-hydrogen) atoms. The molecular formula is C25H26N2O3. The number of imide groups is 1. The molecule has 2 aromatic rings. The third-order valence-electron chi connectivity index (χ3n) is 6.01. The Morgan fingerprint density at radius 3 is 2.10 bits per heavy atom. The summed E-state index contributed by atoms with van der Waals surface area (Å²) < 4.78 is 0. The second kappa shape index (κ2) is 8.66. The van der Waals surface area contributed by atoms with Crippen molar-refractivity contribution in [2.75, 3.05) is 6.54 Å². The standard InChI is InChI=1S/C25H26N2O3/c1-17-11-13-19(14-12-17)23(18-7-3-2-4-8-18)26-22(28)15-16-27-24(29)20-9-5-6-10-21(20)25(27)30/h2-8,11-14,20-21,23H,9-10,15-16H2,1H3,(H,26,28)/t20-,21+,23-/m1/s1. The average molecular weight is 402 g/mol. The Bertz CT molecular complexity index is 940. The molecule has 3 atom stereocenters. The van der Waals surface area contributed by atoms with Gasteiger partial charge >= 0.3 is 0 Å². The van der Waals surface area contributed by atoms with E-state index in [9.17, 15) is 14.4 Å². The number of aryl methyl sites for hydroxylation is 1. The second-order valence-electron chi connectivity index (χ2n) is 8.06. The number of nitrogens with one attached hydrogen (secondary N) is 1. The van der Waals surface area contributed by atoms with E-state index in [4.69, 9.17) is 0 Å². The molecular weight excluding hydrogens is 376 g/mol. The van der Waals surface area contributed by atoms with Gasteiger partial charge in [-0.05, 0) is 30.9 Å². The second-order valence-corrected chi connectivity index (χ2v) is 8.06. The Morgan fingerprint density at radius 2 is 1.50 bits per heavy atom. The molecule has 5 heteroatoms. The topological polar surface area (TPSA) is 66.5 Å². The number of likely N-dealkylation sites (tertiary alicyclic amines) is 1. The van der Waals surface area contributed by atoms with Crippen LogP contribution in [0.4, 0.5) is 0 Å². The quantitative estimate of drug-likeness (QED) is 0.594. The summed E-state index contributed by atoms with van der Waals surface area (Å²) in [7, 11) is 0. The highest BCUT2D eigenvalue weighted by atomic mass is 16.2. The summed E-state index contributed by atoms with van der Waals surface area (Å²) in [6.45, 7) is 2.16. The molecule has 0 saturated carbocycles. The van der Waals surface area contributed by atoms with Crippen LogP contribution >= 0.6 is 0 Å². The van der Waals surface area contributed by atoms with E-state index in [0.717, 1.165) is 16.7 Å². The minimum atomic E-state index is -0.281. The van der Waals surface area contributed by atoms with Crippen LogP contribution in [0.2, 0.25) is 0 Å². The Labute approximate surface area is 176 Å². The SMILES string of the molecule is Cc1ccc([C@H](NC(=O)CCN2C(=O)[C@H]3CC=CC[C@H]3C2=O)c2ccccc2)cc1. The van der Waals surface area contributed by atoms with Gasteiger partial charge in [-0.1, -0.05) is 72.3 Å². The molecule has 2 aliphatic rings. The largest absolute Gasteiger partial charge is 0.345 e. The van der Waals surface area contributed by atoms with Gasteiger partial charge in [-0.2, -0.15) is 0 Å². The van der Waals surface area contributed by atoms with Crippen molar-refractivity contribution in [3.63, 3.8) is 0 Å². The van der Waals surface area contributed by atoms with Crippen molar-refractivity contribution < 1.29 is 14.4 Å². The van der Waals surface area contributed by atoms with E-state index in [0.29, 0.717) is 12.8 Å². The molecule has 1 fully saturated rings. The van der Waals surface area contributed by atoms with E-state index >= 15 is 0 Å². The molecule has 2 aromatic carbocycles. The summed E-state index contributed by atoms with van der Waals surface area (Å²) in [6.07, 6.45) is 5.26. The number of amides is 3. The van der Waals surface area contributed by atoms with Gasteiger partial charge in [0.05, 0.1) is 17.9 Å². The van der Waals surface area contributed by atoms with Gasteiger partial charge in [0.2, 0.25) is 17.7 Å². The number of hydrogen-bond acceptors (Lipinski definition) is 3. The number of carbonyl (C=O) groups excluding carboxylic acids is 3. The highest BCUT2D eigenvalue weighted by Crippen LogP contribution is 2.35. The molecule has 154 valence electrons. The van der Waals surface area contributed by atoms with E-state index in [1.807, 2.05) is 73.7 Å². The van der Waals surface area contributed by atoms with E-state index < -0.39 is 0 Å². The zero-order valence-corrected chi connectivity index (χ0v) is 17.1. The average Bonchev–Trinajstić information content (AvgIpc) is 3.02. The van der Waals surface area contributed by atoms with E-state index in [1.165, 1.54) is 4.90 Å². The number of carbonyl (C=O) groups is 3. The summed E-state index contributed by atoms with van der Waals surface area (Å²) in [5.74, 6) is -0.969. The maximum atomic E-state index is 12.8. The van der Waals surface area contributed by atoms with Gasteiger partial charge in [-0.25, -0.2) is 0 Å². The number of benzene rings is 2. The van der Waals surface area contributed by atoms with Crippen molar-refractivity contribution in [2.45, 2.75) is 32.2 Å². The van der Waals surface area contributed by atoms with Gasteiger partial charge in [-0.15, -0.1) is 0 Å². The lowest BCUT2D eigenvalue weighted by Crippen LogP contribution is -2.36. The lowest BCUT2D eigenvalue weighted by atomic mass is 9.85. The lowest BCUT2D eigenvalue weighted by molar-refractivity contribution is -0.140. The molecule has 4 rings (SSSR count). The molecule has 0 unspecified atom stereocenters. The maximum Gasteiger partial charge on any atom is 0.233 e. The van der Waals surface area contributed by atoms with E-state index in [1.54, 1.807) is 0 Å². The minimum Gasteiger partial charge on any atom is -0.345 e. The fourth-order valence-electron chi connectivity index (χ4n) is 4.30. The van der Waals surface area contributed by atoms with Gasteiger partial charge in [0.25, 0.3) is 0 Å². The number of allylic oxidation sites excluding steroid dienone is 2. The first-order valence-electron chi connectivity index (χ1n) is 10.5. The number of hydrogen-bond donors (Lipinski definition) is 1. The van der Waals surface area contributed by atoms with Crippen LogP contribution in [0.5, 0.6) is 0 Å². The van der Waals surface area contributed by atoms with Gasteiger partial charge in [0.1, 0.15) is 0 Å². The number of rotatable bonds is 6. The molecule has 3 amide bonds. The molecule has 1 N–H and O–H groups in total. The molecule has 1 aliphatic heterocycles. The molecule has 0 aromatic heterocycles. The van der Waals surface area contributed by atoms with Crippen molar-refractivity contribution in [2.24, 2.45) is 11.8 Å². The minimum absolute atomic E-state index is 0.0968. The van der Waals surface area contributed by atoms with Crippen LogP contribution < -0.4 is 5.32 Å². The van der Waals surface area contributed by atoms with Crippen molar-refractivity contribution >= 4 is 17.7 Å². The first-order valence-corrected chi connectivity index (χ1v) is 10.5. The summed E-state index contributed by atoms with van der Waals surface area (Å²) in [5, 5.41) is 3.08. The highest BCUT2D eigenvalue weighted by molar-refractivity contribution is 6.05. The first-order chi connectivity index (χ1) is 14.5. The summed E-state index contributed by atoms with van der Waals surface area (Å²) in [4.78, 5) is 39.3. The van der Waals surface area contributed by atoms with Crippen molar-refractivity contribution in [3.8, 4) is 0 Å². The molecule has 1 heterocycles.